The number of rotatable bonds is 6. The lowest BCUT2D eigenvalue weighted by Gasteiger charge is -2.25. The molecule has 0 radical (unpaired) electrons. The van der Waals surface area contributed by atoms with Crippen molar-refractivity contribution < 1.29 is 9.53 Å². The van der Waals surface area contributed by atoms with Crippen LogP contribution in [0, 0.1) is 5.92 Å². The van der Waals surface area contributed by atoms with E-state index in [1.165, 1.54) is 0 Å². The molecule has 0 N–H and O–H groups in total. The van der Waals surface area contributed by atoms with Crippen molar-refractivity contribution in [3.8, 4) is 11.5 Å². The van der Waals surface area contributed by atoms with Crippen LogP contribution in [0.2, 0.25) is 0 Å². The highest BCUT2D eigenvalue weighted by Gasteiger charge is 2.19. The molecule has 0 aliphatic heterocycles. The van der Waals surface area contributed by atoms with Crippen molar-refractivity contribution in [3.63, 3.8) is 0 Å². The van der Waals surface area contributed by atoms with Gasteiger partial charge in [0.2, 0.25) is 5.91 Å². The molecule has 4 nitrogen and oxygen atoms in total. The third kappa shape index (κ3) is 4.48. The van der Waals surface area contributed by atoms with E-state index in [2.05, 4.69) is 4.98 Å². The van der Waals surface area contributed by atoms with Gasteiger partial charge in [-0.05, 0) is 54.1 Å². The lowest BCUT2D eigenvalue weighted by molar-refractivity contribution is -0.121. The van der Waals surface area contributed by atoms with Crippen LogP contribution in [0.3, 0.4) is 0 Å². The van der Waals surface area contributed by atoms with Crippen molar-refractivity contribution in [2.75, 3.05) is 4.90 Å². The van der Waals surface area contributed by atoms with E-state index in [4.69, 9.17) is 4.74 Å². The molecule has 3 aromatic rings. The van der Waals surface area contributed by atoms with Gasteiger partial charge < -0.3 is 9.64 Å². The fourth-order valence-electron chi connectivity index (χ4n) is 2.60. The van der Waals surface area contributed by atoms with Crippen LogP contribution in [-0.4, -0.2) is 10.9 Å². The average molecular weight is 346 g/mol. The van der Waals surface area contributed by atoms with Gasteiger partial charge in [0.15, 0.2) is 0 Å². The van der Waals surface area contributed by atoms with Gasteiger partial charge in [0.25, 0.3) is 0 Å². The van der Waals surface area contributed by atoms with E-state index < -0.39 is 0 Å². The molecule has 0 saturated carbocycles. The molecule has 3 rings (SSSR count). The van der Waals surface area contributed by atoms with Crippen molar-refractivity contribution in [2.45, 2.75) is 20.4 Å². The lowest BCUT2D eigenvalue weighted by atomic mass is 10.1. The number of carbonyl (C=O) groups excluding carboxylic acids is 1. The Hall–Kier alpha value is -3.14. The minimum Gasteiger partial charge on any atom is -0.457 e. The van der Waals surface area contributed by atoms with Crippen LogP contribution in [0.25, 0.3) is 0 Å². The predicted octanol–water partition coefficient (Wildman–Crippen LogP) is 5.06. The normalized spacial score (nSPS) is 10.6. The molecular weight excluding hydrogens is 324 g/mol. The monoisotopic (exact) mass is 346 g/mol. The lowest BCUT2D eigenvalue weighted by Crippen LogP contribution is -2.33. The summed E-state index contributed by atoms with van der Waals surface area (Å²) in [6.07, 6.45) is 3.48. The van der Waals surface area contributed by atoms with Crippen LogP contribution in [0.4, 0.5) is 5.69 Å². The Morgan fingerprint density at radius 1 is 0.923 bits per heavy atom. The summed E-state index contributed by atoms with van der Waals surface area (Å²) >= 11 is 0. The van der Waals surface area contributed by atoms with Gasteiger partial charge in [0, 0.05) is 24.0 Å². The van der Waals surface area contributed by atoms with Crippen LogP contribution in [0.15, 0.2) is 79.1 Å². The van der Waals surface area contributed by atoms with Crippen molar-refractivity contribution in [1.82, 2.24) is 4.98 Å². The summed E-state index contributed by atoms with van der Waals surface area (Å²) in [6, 6.07) is 21.1. The Morgan fingerprint density at radius 3 is 2.15 bits per heavy atom. The van der Waals surface area contributed by atoms with Crippen LogP contribution < -0.4 is 9.64 Å². The first-order chi connectivity index (χ1) is 12.6. The highest BCUT2D eigenvalue weighted by atomic mass is 16.5. The maximum atomic E-state index is 12.7. The Bertz CT molecular complexity index is 831. The van der Waals surface area contributed by atoms with E-state index in [0.717, 1.165) is 22.7 Å². The number of hydrogen-bond donors (Lipinski definition) is 0. The molecule has 4 heteroatoms. The second-order valence-electron chi connectivity index (χ2n) is 6.34. The molecule has 0 bridgehead atoms. The number of carbonyl (C=O) groups is 1. The fourth-order valence-corrected chi connectivity index (χ4v) is 2.60. The first-order valence-electron chi connectivity index (χ1n) is 8.67. The number of anilines is 1. The zero-order chi connectivity index (χ0) is 18.4. The maximum absolute atomic E-state index is 12.7. The molecule has 1 aromatic heterocycles. The number of benzene rings is 2. The second-order valence-corrected chi connectivity index (χ2v) is 6.34. The summed E-state index contributed by atoms with van der Waals surface area (Å²) in [4.78, 5) is 18.5. The predicted molar refractivity (Wildman–Crippen MR) is 103 cm³/mol. The summed E-state index contributed by atoms with van der Waals surface area (Å²) in [5.41, 5.74) is 1.89. The Kier molecular flexibility index (Phi) is 5.64. The molecule has 1 amide bonds. The van der Waals surface area contributed by atoms with Gasteiger partial charge in [-0.15, -0.1) is 0 Å². The zero-order valence-electron chi connectivity index (χ0n) is 15.0. The Morgan fingerprint density at radius 2 is 1.54 bits per heavy atom. The molecule has 0 spiro atoms. The fraction of sp³-hybridized carbons (Fsp3) is 0.182. The molecule has 0 aliphatic carbocycles. The smallest absolute Gasteiger partial charge is 0.229 e. The van der Waals surface area contributed by atoms with Crippen LogP contribution in [0.5, 0.6) is 11.5 Å². The first-order valence-corrected chi connectivity index (χ1v) is 8.67. The molecule has 0 saturated heterocycles. The topological polar surface area (TPSA) is 42.4 Å². The van der Waals surface area contributed by atoms with Gasteiger partial charge >= 0.3 is 0 Å². The highest BCUT2D eigenvalue weighted by molar-refractivity contribution is 5.94. The minimum absolute atomic E-state index is 0.0820. The number of para-hydroxylation sites is 1. The van der Waals surface area contributed by atoms with Gasteiger partial charge in [-0.2, -0.15) is 0 Å². The molecule has 0 fully saturated rings. The molecule has 0 atom stereocenters. The summed E-state index contributed by atoms with van der Waals surface area (Å²) < 4.78 is 5.83. The highest BCUT2D eigenvalue weighted by Crippen LogP contribution is 2.26. The SMILES string of the molecule is CC(C)C(=O)N(Cc1ccncc1)c1ccc(Oc2ccccc2)cc1. The van der Waals surface area contributed by atoms with Crippen LogP contribution in [0.1, 0.15) is 19.4 Å². The molecule has 132 valence electrons. The third-order valence-electron chi connectivity index (χ3n) is 3.98. The molecule has 2 aromatic carbocycles. The summed E-state index contributed by atoms with van der Waals surface area (Å²) in [7, 11) is 0. The van der Waals surface area contributed by atoms with Crippen molar-refractivity contribution >= 4 is 11.6 Å². The number of hydrogen-bond acceptors (Lipinski definition) is 3. The summed E-state index contributed by atoms with van der Waals surface area (Å²) in [5.74, 6) is 1.52. The molecule has 0 unspecified atom stereocenters. The summed E-state index contributed by atoms with van der Waals surface area (Å²) in [6.45, 7) is 4.34. The molecule has 0 aliphatic rings. The molecule has 1 heterocycles. The van der Waals surface area contributed by atoms with Gasteiger partial charge in [-0.3, -0.25) is 9.78 Å². The Labute approximate surface area is 154 Å². The largest absolute Gasteiger partial charge is 0.457 e. The number of ether oxygens (including phenoxy) is 1. The van der Waals surface area contributed by atoms with Crippen LogP contribution >= 0.6 is 0 Å². The molecule has 26 heavy (non-hydrogen) atoms. The maximum Gasteiger partial charge on any atom is 0.229 e. The first kappa shape index (κ1) is 17.7. The summed E-state index contributed by atoms with van der Waals surface area (Å²) in [5, 5.41) is 0. The zero-order valence-corrected chi connectivity index (χ0v) is 15.0. The van der Waals surface area contributed by atoms with E-state index in [1.54, 1.807) is 17.3 Å². The molecular formula is C22H22N2O2. The van der Waals surface area contributed by atoms with Crippen molar-refractivity contribution in [1.29, 1.82) is 0 Å². The van der Waals surface area contributed by atoms with Crippen molar-refractivity contribution in [2.24, 2.45) is 5.92 Å². The second kappa shape index (κ2) is 8.30. The van der Waals surface area contributed by atoms with E-state index in [0.29, 0.717) is 6.54 Å². The Balaban J connectivity index is 1.81. The van der Waals surface area contributed by atoms with Crippen molar-refractivity contribution in [3.05, 3.63) is 84.7 Å². The number of amides is 1. The van der Waals surface area contributed by atoms with Gasteiger partial charge in [-0.25, -0.2) is 0 Å². The standard InChI is InChI=1S/C22H22N2O2/c1-17(2)22(25)24(16-18-12-14-23-15-13-18)19-8-10-21(11-9-19)26-20-6-4-3-5-7-20/h3-15,17H,16H2,1-2H3. The van der Waals surface area contributed by atoms with E-state index in [9.17, 15) is 4.79 Å². The number of nitrogens with zero attached hydrogens (tertiary/aromatic N) is 2. The number of pyridine rings is 1. The van der Waals surface area contributed by atoms with Crippen LogP contribution in [-0.2, 0) is 11.3 Å². The van der Waals surface area contributed by atoms with E-state index in [1.807, 2.05) is 80.6 Å². The quantitative estimate of drug-likeness (QED) is 0.626. The van der Waals surface area contributed by atoms with E-state index in [-0.39, 0.29) is 11.8 Å². The average Bonchev–Trinajstić information content (AvgIpc) is 2.68. The van der Waals surface area contributed by atoms with Gasteiger partial charge in [0.05, 0.1) is 6.54 Å². The third-order valence-corrected chi connectivity index (χ3v) is 3.98. The van der Waals surface area contributed by atoms with Gasteiger partial charge in [0.1, 0.15) is 11.5 Å². The number of aromatic nitrogens is 1. The minimum atomic E-state index is -0.0860. The van der Waals surface area contributed by atoms with E-state index >= 15 is 0 Å². The van der Waals surface area contributed by atoms with Gasteiger partial charge in [-0.1, -0.05) is 32.0 Å².